The van der Waals surface area contributed by atoms with Gasteiger partial charge in [0.2, 0.25) is 0 Å². The SMILES string of the molecule is N#C[C@@H](N)[C@@H]1CCCO1. The molecule has 2 atom stereocenters. The van der Waals surface area contributed by atoms with Gasteiger partial charge in [0, 0.05) is 6.61 Å². The molecule has 0 saturated carbocycles. The maximum absolute atomic E-state index is 8.34. The van der Waals surface area contributed by atoms with Crippen molar-refractivity contribution in [2.45, 2.75) is 25.0 Å². The van der Waals surface area contributed by atoms with Crippen LogP contribution in [0.25, 0.3) is 0 Å². The molecule has 3 heteroatoms. The van der Waals surface area contributed by atoms with E-state index in [4.69, 9.17) is 15.7 Å². The molecule has 0 aromatic carbocycles. The Labute approximate surface area is 54.4 Å². The Morgan fingerprint density at radius 1 is 1.78 bits per heavy atom. The van der Waals surface area contributed by atoms with Crippen LogP contribution < -0.4 is 5.73 Å². The molecular formula is C6H10N2O. The average Bonchev–Trinajstić information content (AvgIpc) is 2.37. The lowest BCUT2D eigenvalue weighted by Crippen LogP contribution is -2.32. The van der Waals surface area contributed by atoms with Crippen molar-refractivity contribution in [3.05, 3.63) is 0 Å². The molecule has 1 heterocycles. The quantitative estimate of drug-likeness (QED) is 0.538. The Morgan fingerprint density at radius 3 is 3.00 bits per heavy atom. The van der Waals surface area contributed by atoms with Gasteiger partial charge in [-0.1, -0.05) is 0 Å². The largest absolute Gasteiger partial charge is 0.375 e. The minimum absolute atomic E-state index is 0.00463. The molecule has 1 rings (SSSR count). The predicted octanol–water partition coefficient (Wildman–Crippen LogP) is 0.0163. The van der Waals surface area contributed by atoms with E-state index in [2.05, 4.69) is 0 Å². The maximum atomic E-state index is 8.34. The average molecular weight is 126 g/mol. The summed E-state index contributed by atoms with van der Waals surface area (Å²) < 4.78 is 5.16. The second-order valence-electron chi connectivity index (χ2n) is 2.21. The lowest BCUT2D eigenvalue weighted by atomic mass is 10.1. The van der Waals surface area contributed by atoms with E-state index in [-0.39, 0.29) is 6.10 Å². The number of nitrogens with two attached hydrogens (primary N) is 1. The van der Waals surface area contributed by atoms with E-state index in [0.29, 0.717) is 0 Å². The van der Waals surface area contributed by atoms with Crippen molar-refractivity contribution in [2.24, 2.45) is 5.73 Å². The zero-order valence-electron chi connectivity index (χ0n) is 5.21. The predicted molar refractivity (Wildman–Crippen MR) is 32.6 cm³/mol. The summed E-state index contributed by atoms with van der Waals surface area (Å²) in [6.45, 7) is 0.764. The molecule has 0 radical (unpaired) electrons. The van der Waals surface area contributed by atoms with Gasteiger partial charge < -0.3 is 10.5 Å². The third-order valence-electron chi connectivity index (χ3n) is 1.51. The summed E-state index contributed by atoms with van der Waals surface area (Å²) >= 11 is 0. The number of nitrogens with zero attached hydrogens (tertiary/aromatic N) is 1. The summed E-state index contributed by atoms with van der Waals surface area (Å²) in [5, 5.41) is 8.34. The molecular weight excluding hydrogens is 116 g/mol. The van der Waals surface area contributed by atoms with E-state index in [1.807, 2.05) is 6.07 Å². The minimum atomic E-state index is -0.424. The van der Waals surface area contributed by atoms with Crippen LogP contribution in [0.3, 0.4) is 0 Å². The van der Waals surface area contributed by atoms with Crippen LogP contribution in [0, 0.1) is 11.3 Å². The van der Waals surface area contributed by atoms with Crippen LogP contribution in [-0.2, 0) is 4.74 Å². The molecule has 0 aliphatic carbocycles. The highest BCUT2D eigenvalue weighted by Gasteiger charge is 2.21. The van der Waals surface area contributed by atoms with Gasteiger partial charge in [0.1, 0.15) is 6.04 Å². The highest BCUT2D eigenvalue weighted by atomic mass is 16.5. The first kappa shape index (κ1) is 6.53. The van der Waals surface area contributed by atoms with Gasteiger partial charge >= 0.3 is 0 Å². The Bertz CT molecular complexity index is 124. The number of nitriles is 1. The molecule has 0 unspecified atom stereocenters. The summed E-state index contributed by atoms with van der Waals surface area (Å²) in [5.41, 5.74) is 5.39. The van der Waals surface area contributed by atoms with Crippen LogP contribution >= 0.6 is 0 Å². The molecule has 0 spiro atoms. The summed E-state index contributed by atoms with van der Waals surface area (Å²) in [6, 6.07) is 1.54. The number of hydrogen-bond donors (Lipinski definition) is 1. The fourth-order valence-corrected chi connectivity index (χ4v) is 0.969. The van der Waals surface area contributed by atoms with E-state index in [1.165, 1.54) is 0 Å². The van der Waals surface area contributed by atoms with Crippen LogP contribution in [0.4, 0.5) is 0 Å². The third-order valence-corrected chi connectivity index (χ3v) is 1.51. The van der Waals surface area contributed by atoms with Gasteiger partial charge in [-0.2, -0.15) is 5.26 Å². The van der Waals surface area contributed by atoms with Crippen LogP contribution in [0.15, 0.2) is 0 Å². The second-order valence-corrected chi connectivity index (χ2v) is 2.21. The molecule has 0 bridgehead atoms. The molecule has 2 N–H and O–H groups in total. The van der Waals surface area contributed by atoms with Crippen LogP contribution in [0.5, 0.6) is 0 Å². The smallest absolute Gasteiger partial charge is 0.119 e. The number of hydrogen-bond acceptors (Lipinski definition) is 3. The lowest BCUT2D eigenvalue weighted by molar-refractivity contribution is 0.103. The monoisotopic (exact) mass is 126 g/mol. The van der Waals surface area contributed by atoms with E-state index >= 15 is 0 Å². The van der Waals surface area contributed by atoms with Crippen LogP contribution in [-0.4, -0.2) is 18.8 Å². The highest BCUT2D eigenvalue weighted by Crippen LogP contribution is 2.13. The first-order chi connectivity index (χ1) is 4.34. The van der Waals surface area contributed by atoms with Gasteiger partial charge in [0.25, 0.3) is 0 Å². The summed E-state index contributed by atoms with van der Waals surface area (Å²) in [4.78, 5) is 0. The molecule has 1 aliphatic rings. The Hall–Kier alpha value is -0.590. The second kappa shape index (κ2) is 2.81. The minimum Gasteiger partial charge on any atom is -0.375 e. The van der Waals surface area contributed by atoms with E-state index < -0.39 is 6.04 Å². The molecule has 50 valence electrons. The van der Waals surface area contributed by atoms with Crippen LogP contribution in [0.2, 0.25) is 0 Å². The van der Waals surface area contributed by atoms with Crippen molar-refractivity contribution in [2.75, 3.05) is 6.61 Å². The van der Waals surface area contributed by atoms with Crippen molar-refractivity contribution < 1.29 is 4.74 Å². The van der Waals surface area contributed by atoms with E-state index in [1.54, 1.807) is 0 Å². The number of rotatable bonds is 1. The Kier molecular flexibility index (Phi) is 2.04. The van der Waals surface area contributed by atoms with Gasteiger partial charge in [-0.05, 0) is 12.8 Å². The van der Waals surface area contributed by atoms with Gasteiger partial charge in [0.15, 0.2) is 0 Å². The normalized spacial score (nSPS) is 29.6. The third kappa shape index (κ3) is 1.41. The van der Waals surface area contributed by atoms with Gasteiger partial charge in [-0.3, -0.25) is 0 Å². The van der Waals surface area contributed by atoms with Crippen molar-refractivity contribution in [1.82, 2.24) is 0 Å². The standard InChI is InChI=1S/C6H10N2O/c7-4-5(8)6-2-1-3-9-6/h5-6H,1-3,8H2/t5-,6+/m1/s1. The maximum Gasteiger partial charge on any atom is 0.119 e. The zero-order valence-corrected chi connectivity index (χ0v) is 5.21. The molecule has 9 heavy (non-hydrogen) atoms. The van der Waals surface area contributed by atoms with Crippen molar-refractivity contribution in [3.63, 3.8) is 0 Å². The molecule has 0 aromatic heterocycles. The molecule has 1 aliphatic heterocycles. The van der Waals surface area contributed by atoms with Crippen molar-refractivity contribution in [1.29, 1.82) is 5.26 Å². The molecule has 1 fully saturated rings. The van der Waals surface area contributed by atoms with Gasteiger partial charge in [0.05, 0.1) is 12.2 Å². The van der Waals surface area contributed by atoms with Crippen molar-refractivity contribution >= 4 is 0 Å². The van der Waals surface area contributed by atoms with E-state index in [0.717, 1.165) is 19.4 Å². The topological polar surface area (TPSA) is 59.0 Å². The first-order valence-electron chi connectivity index (χ1n) is 3.11. The summed E-state index contributed by atoms with van der Waals surface area (Å²) in [6.07, 6.45) is 1.98. The molecule has 0 aromatic rings. The van der Waals surface area contributed by atoms with E-state index in [9.17, 15) is 0 Å². The molecule has 3 nitrogen and oxygen atoms in total. The molecule has 0 amide bonds. The Morgan fingerprint density at radius 2 is 2.56 bits per heavy atom. The van der Waals surface area contributed by atoms with Crippen LogP contribution in [0.1, 0.15) is 12.8 Å². The zero-order chi connectivity index (χ0) is 6.69. The van der Waals surface area contributed by atoms with Crippen molar-refractivity contribution in [3.8, 4) is 6.07 Å². The summed E-state index contributed by atoms with van der Waals surface area (Å²) in [7, 11) is 0. The highest BCUT2D eigenvalue weighted by molar-refractivity contribution is 4.94. The Balaban J connectivity index is 2.34. The van der Waals surface area contributed by atoms with Gasteiger partial charge in [-0.15, -0.1) is 0 Å². The first-order valence-corrected chi connectivity index (χ1v) is 3.11. The summed E-state index contributed by atoms with van der Waals surface area (Å²) in [5.74, 6) is 0. The lowest BCUT2D eigenvalue weighted by Gasteiger charge is -2.09. The number of ether oxygens (including phenoxy) is 1. The fraction of sp³-hybridized carbons (Fsp3) is 0.833. The molecule has 1 saturated heterocycles. The van der Waals surface area contributed by atoms with Gasteiger partial charge in [-0.25, -0.2) is 0 Å². The fourth-order valence-electron chi connectivity index (χ4n) is 0.969.